The summed E-state index contributed by atoms with van der Waals surface area (Å²) in [7, 11) is 1.35. The number of aromatic nitrogens is 8. The van der Waals surface area contributed by atoms with E-state index in [-0.39, 0.29) is 142 Å². The van der Waals surface area contributed by atoms with Gasteiger partial charge in [0.1, 0.15) is 12.4 Å². The first-order valence-corrected chi connectivity index (χ1v) is 46.9. The van der Waals surface area contributed by atoms with E-state index in [0.717, 1.165) is 117 Å². The van der Waals surface area contributed by atoms with Gasteiger partial charge in [0.15, 0.2) is 22.4 Å². The molecule has 0 bridgehead atoms. The van der Waals surface area contributed by atoms with Crippen molar-refractivity contribution in [3.63, 3.8) is 0 Å². The SMILES string of the molecule is COC(=O)C1(c2ccnnc2)CCC(N(C(=O)c2ccc([C@](C)(O)C(F)(F)F)cc2)C2CC2)CC1.C[C@](O)(c1ccc(C(=O)N(C2CC2)C2CCC(CCC(N)=O)(c3cnccn3)CC2)cc1)C(F)(F)F.C[C@](O)(c1ccc(C(=O)N(C2CC2)C2CCC(CO)(c3cccnn3)CC2)cc1)C(F)(F)F.C[C@](O)(c1ccc(C(=O)N(C2CC2)C2CCC(COC(N)=O)(c3ncccn3)CC2)cc1)C(F)(F)F. The van der Waals surface area contributed by atoms with E-state index in [1.807, 2.05) is 25.7 Å². The number of halogens is 12. The Morgan fingerprint density at radius 1 is 0.386 bits per heavy atom. The van der Waals surface area contributed by atoms with Gasteiger partial charge in [-0.3, -0.25) is 38.7 Å². The van der Waals surface area contributed by atoms with Gasteiger partial charge in [-0.25, -0.2) is 14.8 Å². The zero-order valence-electron chi connectivity index (χ0n) is 78.1. The Morgan fingerprint density at radius 3 is 1.01 bits per heavy atom. The van der Waals surface area contributed by atoms with Crippen molar-refractivity contribution in [3.8, 4) is 0 Å². The van der Waals surface area contributed by atoms with Crippen LogP contribution in [0.1, 0.15) is 281 Å². The fourth-order valence-corrected chi connectivity index (χ4v) is 19.8. The normalized spacial score (nSPS) is 24.4. The fraction of sp³-hybridized carbons (Fsp3) is 0.530. The number of rotatable bonds is 27. The van der Waals surface area contributed by atoms with Gasteiger partial charge in [-0.1, -0.05) is 48.5 Å². The van der Waals surface area contributed by atoms with Crippen molar-refractivity contribution in [2.45, 2.75) is 312 Å². The molecule has 4 heterocycles. The molecule has 16 rings (SSSR count). The number of nitrogens with zero attached hydrogens (tertiary/aromatic N) is 12. The van der Waals surface area contributed by atoms with Crippen molar-refractivity contribution >= 4 is 41.6 Å². The molecule has 0 spiro atoms. The Hall–Kier alpha value is -11.8. The van der Waals surface area contributed by atoms with Crippen LogP contribution in [-0.4, -0.2) is 220 Å². The number of hydrogen-bond acceptors (Lipinski definition) is 22. The number of methoxy groups -OCH3 is 1. The lowest BCUT2D eigenvalue weighted by Gasteiger charge is -2.43. The van der Waals surface area contributed by atoms with E-state index < -0.39 is 69.4 Å². The number of benzene rings is 4. The van der Waals surface area contributed by atoms with Gasteiger partial charge >= 0.3 is 36.8 Å². The molecule has 0 unspecified atom stereocenters. The summed E-state index contributed by atoms with van der Waals surface area (Å²) in [5, 5.41) is 65.6. The van der Waals surface area contributed by atoms with Crippen LogP contribution in [0.3, 0.4) is 0 Å². The highest BCUT2D eigenvalue weighted by atomic mass is 19.4. The standard InChI is InChI=1S/C26H31F3N4O3.C25H29F3N4O4.C25H28F3N3O4.C24H28F3N3O3/c1-24(36,26(27,28)29)18-4-2-17(3-5-18)23(35)33(19-6-7-19)20-8-11-25(12-9-20,13-10-22(30)34)21-16-31-14-15-32-21;1-23(35,25(26,27)28)17-5-3-16(4-6-17)20(33)32(18-7-8-18)19-9-11-24(12-10-19,15-36-22(29)34)21-30-13-2-14-31-21;1-23(34,25(26,27)28)17-5-3-16(4-6-17)21(32)31(19-7-8-19)20-9-12-24(13-10-20,22(33)35-2)18-11-14-29-30-15-18;1-22(33,24(25,26)27)17-6-4-16(5-7-17)21(32)30(18-8-9-18)19-10-12-23(15-31,13-11-19)20-3-2-14-28-29-20/h2-5,14-16,19-20,36H,6-13H2,1H3,(H2,30,34);2-6,13-14,18-19,35H,7-12,15H2,1H3,(H2,29,34);3-6,11,14-15,19-20,34H,7-10,12-13H2,1-2H3;2-7,14,18-19,31,33H,8-13,15H2,1H3/t20?,24-,25?;19?,23-,24?;20?,23-,24?;19?,22-,23?/m0000/s1. The van der Waals surface area contributed by atoms with Crippen LogP contribution in [0.4, 0.5) is 57.5 Å². The second-order valence-corrected chi connectivity index (χ2v) is 38.8. The molecule has 28 nitrogen and oxygen atoms in total. The molecule has 8 aliphatic carbocycles. The van der Waals surface area contributed by atoms with Crippen LogP contribution in [0.2, 0.25) is 0 Å². The Morgan fingerprint density at radius 2 is 0.729 bits per heavy atom. The van der Waals surface area contributed by atoms with Crippen molar-refractivity contribution < 1.29 is 121 Å². The Labute approximate surface area is 800 Å². The number of aliphatic hydroxyl groups is 5. The van der Waals surface area contributed by atoms with Gasteiger partial charge in [0.2, 0.25) is 5.91 Å². The van der Waals surface area contributed by atoms with Gasteiger partial charge in [-0.15, -0.1) is 0 Å². The molecule has 754 valence electrons. The van der Waals surface area contributed by atoms with E-state index >= 15 is 0 Å². The maximum Gasteiger partial charge on any atom is 0.421 e. The maximum absolute atomic E-state index is 13.5. The number of primary amides is 2. The molecule has 9 N–H and O–H groups in total. The number of ether oxygens (including phenoxy) is 2. The first kappa shape index (κ1) is 106. The largest absolute Gasteiger partial charge is 0.468 e. The Bertz CT molecular complexity index is 5380. The topological polar surface area (TPSA) is 407 Å². The van der Waals surface area contributed by atoms with Crippen LogP contribution >= 0.6 is 0 Å². The number of nitrogens with two attached hydrogens (primary N) is 2. The van der Waals surface area contributed by atoms with E-state index in [9.17, 15) is 112 Å². The molecule has 0 saturated heterocycles. The molecule has 0 aliphatic heterocycles. The molecule has 6 amide bonds. The van der Waals surface area contributed by atoms with Gasteiger partial charge < -0.3 is 66.1 Å². The Balaban J connectivity index is 0.000000157. The first-order valence-electron chi connectivity index (χ1n) is 46.9. The van der Waals surface area contributed by atoms with E-state index in [1.165, 1.54) is 61.8 Å². The average Bonchev–Trinajstić information content (AvgIpc) is 1.50. The molecule has 0 radical (unpaired) electrons. The van der Waals surface area contributed by atoms with E-state index in [0.29, 0.717) is 154 Å². The zero-order chi connectivity index (χ0) is 102. The second-order valence-electron chi connectivity index (χ2n) is 38.8. The summed E-state index contributed by atoms with van der Waals surface area (Å²) < 4.78 is 168. The van der Waals surface area contributed by atoms with Crippen molar-refractivity contribution in [3.05, 3.63) is 238 Å². The van der Waals surface area contributed by atoms with E-state index in [2.05, 4.69) is 40.3 Å². The summed E-state index contributed by atoms with van der Waals surface area (Å²) in [6.45, 7) is 2.77. The lowest BCUT2D eigenvalue weighted by atomic mass is 9.67. The minimum atomic E-state index is -4.84. The number of amides is 6. The average molecular weight is 1970 g/mol. The summed E-state index contributed by atoms with van der Waals surface area (Å²) in [4.78, 5) is 114. The smallest absolute Gasteiger partial charge is 0.421 e. The number of alkyl halides is 12. The van der Waals surface area contributed by atoms with Gasteiger partial charge in [-0.2, -0.15) is 73.1 Å². The third-order valence-electron chi connectivity index (χ3n) is 29.4. The van der Waals surface area contributed by atoms with Crippen molar-refractivity contribution in [2.24, 2.45) is 11.5 Å². The number of hydrogen-bond donors (Lipinski definition) is 7. The molecule has 8 fully saturated rings. The van der Waals surface area contributed by atoms with Crippen LogP contribution < -0.4 is 11.5 Å². The molecule has 40 heteroatoms. The molecule has 140 heavy (non-hydrogen) atoms. The van der Waals surface area contributed by atoms with Crippen LogP contribution in [0.5, 0.6) is 0 Å². The van der Waals surface area contributed by atoms with Gasteiger partial charge in [0.05, 0.1) is 42.1 Å². The molecule has 4 aromatic heterocycles. The maximum atomic E-state index is 13.5. The van der Waals surface area contributed by atoms with Gasteiger partial charge in [0, 0.05) is 131 Å². The lowest BCUT2D eigenvalue weighted by molar-refractivity contribution is -0.259. The Kier molecular flexibility index (Phi) is 31.8. The molecule has 4 atom stereocenters. The molecular weight excluding hydrogens is 1850 g/mol. The quantitative estimate of drug-likeness (QED) is 0.0186. The molecular formula is C100H116F12N14O14. The third-order valence-corrected chi connectivity index (χ3v) is 29.4. The van der Waals surface area contributed by atoms with Crippen LogP contribution in [0.15, 0.2) is 171 Å². The van der Waals surface area contributed by atoms with Crippen molar-refractivity contribution in [1.82, 2.24) is 59.9 Å². The summed E-state index contributed by atoms with van der Waals surface area (Å²) in [6, 6.07) is 27.2. The lowest BCUT2D eigenvalue weighted by Crippen LogP contribution is -2.49. The highest BCUT2D eigenvalue weighted by Gasteiger charge is 2.57. The first-order chi connectivity index (χ1) is 66.0. The van der Waals surface area contributed by atoms with Crippen LogP contribution in [-0.2, 0) is 63.1 Å². The zero-order valence-corrected chi connectivity index (χ0v) is 78.1. The molecule has 8 aromatic rings. The second kappa shape index (κ2) is 42.2. The number of carbonyl (C=O) groups is 7. The van der Waals surface area contributed by atoms with E-state index in [4.69, 9.17) is 20.9 Å². The number of carbonyl (C=O) groups excluding carboxylic acids is 7. The van der Waals surface area contributed by atoms with Crippen molar-refractivity contribution in [2.75, 3.05) is 20.3 Å². The summed E-state index contributed by atoms with van der Waals surface area (Å²) in [6.07, 6.45) is 10.5. The monoisotopic (exact) mass is 1960 g/mol. The molecule has 8 aliphatic rings. The van der Waals surface area contributed by atoms with E-state index in [1.54, 1.807) is 61.6 Å². The minimum Gasteiger partial charge on any atom is -0.468 e. The highest BCUT2D eigenvalue weighted by molar-refractivity contribution is 5.97. The number of aliphatic hydroxyl groups excluding tert-OH is 1. The minimum absolute atomic E-state index is 0.0145. The summed E-state index contributed by atoms with van der Waals surface area (Å²) in [5.41, 5.74) is -1.51. The third kappa shape index (κ3) is 23.3. The summed E-state index contributed by atoms with van der Waals surface area (Å²) in [5.74, 6) is -1.10. The predicted octanol–water partition coefficient (Wildman–Crippen LogP) is 15.5. The molecule has 4 aromatic carbocycles. The predicted molar refractivity (Wildman–Crippen MR) is 482 cm³/mol. The summed E-state index contributed by atoms with van der Waals surface area (Å²) >= 11 is 0. The fourth-order valence-electron chi connectivity index (χ4n) is 19.8. The van der Waals surface area contributed by atoms with Crippen LogP contribution in [0.25, 0.3) is 0 Å². The highest BCUT2D eigenvalue weighted by Crippen LogP contribution is 2.52. The van der Waals surface area contributed by atoms with Crippen molar-refractivity contribution in [1.29, 1.82) is 0 Å². The molecule has 8 saturated carbocycles. The number of esters is 1. The van der Waals surface area contributed by atoms with Gasteiger partial charge in [0.25, 0.3) is 23.6 Å². The van der Waals surface area contributed by atoms with Gasteiger partial charge in [-0.05, 0) is 289 Å². The van der Waals surface area contributed by atoms with Crippen LogP contribution in [0, 0.1) is 0 Å².